The van der Waals surface area contributed by atoms with Gasteiger partial charge in [0, 0.05) is 45.3 Å². The number of benzene rings is 3. The van der Waals surface area contributed by atoms with E-state index in [9.17, 15) is 13.2 Å². The maximum absolute atomic E-state index is 14.0. The summed E-state index contributed by atoms with van der Waals surface area (Å²) in [5.41, 5.74) is 3.18. The molecule has 0 radical (unpaired) electrons. The van der Waals surface area contributed by atoms with Crippen LogP contribution in [0.5, 0.6) is 11.5 Å². The van der Waals surface area contributed by atoms with Gasteiger partial charge in [-0.25, -0.2) is 8.42 Å². The second-order valence-electron chi connectivity index (χ2n) is 9.93. The Morgan fingerprint density at radius 3 is 2.26 bits per heavy atom. The minimum atomic E-state index is -3.98. The predicted octanol–water partition coefficient (Wildman–Crippen LogP) is 2.92. The maximum Gasteiger partial charge on any atom is 0.244 e. The van der Waals surface area contributed by atoms with Gasteiger partial charge in [0.15, 0.2) is 11.5 Å². The number of nitrogens with zero attached hydrogens (tertiary/aromatic N) is 3. The summed E-state index contributed by atoms with van der Waals surface area (Å²) in [6, 6.07) is 21.9. The van der Waals surface area contributed by atoms with Crippen molar-refractivity contribution in [2.45, 2.75) is 30.4 Å². The normalized spacial score (nSPS) is 20.1. The van der Waals surface area contributed by atoms with Crippen LogP contribution < -0.4 is 9.47 Å². The van der Waals surface area contributed by atoms with Crippen molar-refractivity contribution >= 4 is 15.9 Å². The van der Waals surface area contributed by atoms with Crippen molar-refractivity contribution in [3.8, 4) is 11.5 Å². The molecule has 38 heavy (non-hydrogen) atoms. The number of piperazine rings is 1. The second kappa shape index (κ2) is 10.4. The van der Waals surface area contributed by atoms with E-state index in [1.807, 2.05) is 47.4 Å². The van der Waals surface area contributed by atoms with E-state index in [0.717, 1.165) is 30.8 Å². The fourth-order valence-electron chi connectivity index (χ4n) is 5.46. The monoisotopic (exact) mass is 533 g/mol. The van der Waals surface area contributed by atoms with Gasteiger partial charge in [0.25, 0.3) is 0 Å². The molecular weight excluding hydrogens is 502 g/mol. The topological polar surface area (TPSA) is 79.4 Å². The molecule has 3 aliphatic rings. The lowest BCUT2D eigenvalue weighted by Crippen LogP contribution is -2.57. The van der Waals surface area contributed by atoms with Gasteiger partial charge in [-0.05, 0) is 35.2 Å². The highest BCUT2D eigenvalue weighted by atomic mass is 32.2. The Kier molecular flexibility index (Phi) is 6.82. The molecule has 0 unspecified atom stereocenters. The molecule has 1 saturated heterocycles. The quantitative estimate of drug-likeness (QED) is 0.502. The average Bonchev–Trinajstić information content (AvgIpc) is 2.97. The van der Waals surface area contributed by atoms with Crippen LogP contribution in [0.15, 0.2) is 77.7 Å². The van der Waals surface area contributed by atoms with Gasteiger partial charge in [-0.1, -0.05) is 54.6 Å². The minimum Gasteiger partial charge on any atom is -0.486 e. The molecule has 8 nitrogen and oxygen atoms in total. The van der Waals surface area contributed by atoms with Gasteiger partial charge in [-0.3, -0.25) is 9.69 Å². The largest absolute Gasteiger partial charge is 0.486 e. The van der Waals surface area contributed by atoms with Crippen molar-refractivity contribution in [2.75, 3.05) is 39.4 Å². The van der Waals surface area contributed by atoms with Crippen LogP contribution in [-0.4, -0.2) is 73.9 Å². The van der Waals surface area contributed by atoms with Gasteiger partial charge in [0.2, 0.25) is 15.9 Å². The molecule has 1 atom stereocenters. The van der Waals surface area contributed by atoms with Crippen LogP contribution in [0.3, 0.4) is 0 Å². The van der Waals surface area contributed by atoms with Crippen LogP contribution in [0.1, 0.15) is 16.7 Å². The number of fused-ring (bicyclic) bond motifs is 2. The summed E-state index contributed by atoms with van der Waals surface area (Å²) in [5, 5.41) is 0. The van der Waals surface area contributed by atoms with Crippen LogP contribution in [0.25, 0.3) is 0 Å². The van der Waals surface area contributed by atoms with Crippen LogP contribution in [0.4, 0.5) is 0 Å². The second-order valence-corrected chi connectivity index (χ2v) is 11.8. The van der Waals surface area contributed by atoms with Gasteiger partial charge < -0.3 is 14.4 Å². The lowest BCUT2D eigenvalue weighted by molar-refractivity contribution is -0.137. The van der Waals surface area contributed by atoms with E-state index in [0.29, 0.717) is 44.2 Å². The summed E-state index contributed by atoms with van der Waals surface area (Å²) in [5.74, 6) is 0.798. The summed E-state index contributed by atoms with van der Waals surface area (Å²) in [6.45, 7) is 4.42. The van der Waals surface area contributed by atoms with Gasteiger partial charge in [0.1, 0.15) is 19.3 Å². The molecule has 3 aromatic rings. The van der Waals surface area contributed by atoms with Crippen LogP contribution in [-0.2, 0) is 34.3 Å². The molecule has 6 rings (SSSR count). The van der Waals surface area contributed by atoms with Crippen LogP contribution >= 0.6 is 0 Å². The average molecular weight is 534 g/mol. The number of carbonyl (C=O) groups excluding carboxylic acids is 1. The van der Waals surface area contributed by atoms with Gasteiger partial charge in [-0.15, -0.1) is 0 Å². The van der Waals surface area contributed by atoms with Crippen molar-refractivity contribution in [2.24, 2.45) is 0 Å². The van der Waals surface area contributed by atoms with Crippen molar-refractivity contribution in [3.05, 3.63) is 89.5 Å². The highest BCUT2D eigenvalue weighted by Gasteiger charge is 2.42. The Morgan fingerprint density at radius 2 is 1.50 bits per heavy atom. The molecule has 0 aromatic heterocycles. The van der Waals surface area contributed by atoms with Gasteiger partial charge >= 0.3 is 0 Å². The Morgan fingerprint density at radius 1 is 0.816 bits per heavy atom. The number of hydrogen-bond donors (Lipinski definition) is 0. The number of sulfonamides is 1. The smallest absolute Gasteiger partial charge is 0.244 e. The van der Waals surface area contributed by atoms with Gasteiger partial charge in [-0.2, -0.15) is 4.31 Å². The van der Waals surface area contributed by atoms with E-state index < -0.39 is 16.1 Å². The summed E-state index contributed by atoms with van der Waals surface area (Å²) in [6.07, 6.45) is 0.350. The highest BCUT2D eigenvalue weighted by Crippen LogP contribution is 2.36. The molecule has 0 bridgehead atoms. The molecule has 3 aromatic carbocycles. The standard InChI is InChI=1S/C29H31N3O5S/c33-29(31-14-12-30(13-15-31)20-22-6-2-1-3-7-22)26-18-23-8-4-5-9-24(23)21-32(26)38(34,35)25-10-11-27-28(19-25)37-17-16-36-27/h1-11,19,26H,12-18,20-21H2/t26-/m0/s1. The highest BCUT2D eigenvalue weighted by molar-refractivity contribution is 7.89. The van der Waals surface area contributed by atoms with E-state index in [1.165, 1.54) is 22.0 Å². The van der Waals surface area contributed by atoms with Gasteiger partial charge in [0.05, 0.1) is 4.90 Å². The maximum atomic E-state index is 14.0. The number of carbonyl (C=O) groups is 1. The van der Waals surface area contributed by atoms with E-state index >= 15 is 0 Å². The fraction of sp³-hybridized carbons (Fsp3) is 0.345. The van der Waals surface area contributed by atoms with Crippen LogP contribution in [0, 0.1) is 0 Å². The summed E-state index contributed by atoms with van der Waals surface area (Å²) < 4.78 is 40.6. The van der Waals surface area contributed by atoms with E-state index in [1.54, 1.807) is 6.07 Å². The zero-order chi connectivity index (χ0) is 26.1. The predicted molar refractivity (Wildman–Crippen MR) is 142 cm³/mol. The molecule has 0 aliphatic carbocycles. The van der Waals surface area contributed by atoms with E-state index in [-0.39, 0.29) is 17.3 Å². The molecule has 0 spiro atoms. The molecule has 0 N–H and O–H groups in total. The Bertz CT molecular complexity index is 1420. The third-order valence-electron chi connectivity index (χ3n) is 7.54. The number of hydrogen-bond acceptors (Lipinski definition) is 6. The first-order valence-corrected chi connectivity index (χ1v) is 14.5. The van der Waals surface area contributed by atoms with E-state index in [4.69, 9.17) is 9.47 Å². The fourth-order valence-corrected chi connectivity index (χ4v) is 7.04. The third-order valence-corrected chi connectivity index (χ3v) is 9.39. The summed E-state index contributed by atoms with van der Waals surface area (Å²) in [4.78, 5) is 18.2. The molecule has 3 aliphatic heterocycles. The molecule has 0 saturated carbocycles. The first-order chi connectivity index (χ1) is 18.5. The molecule has 198 valence electrons. The number of amides is 1. The molecule has 3 heterocycles. The van der Waals surface area contributed by atoms with Crippen LogP contribution in [0.2, 0.25) is 0 Å². The van der Waals surface area contributed by atoms with E-state index in [2.05, 4.69) is 17.0 Å². The summed E-state index contributed by atoms with van der Waals surface area (Å²) in [7, 11) is -3.98. The van der Waals surface area contributed by atoms with Crippen molar-refractivity contribution in [1.29, 1.82) is 0 Å². The molecule has 1 fully saturated rings. The number of rotatable bonds is 5. The van der Waals surface area contributed by atoms with Crippen molar-refractivity contribution in [3.63, 3.8) is 0 Å². The number of ether oxygens (including phenoxy) is 2. The third kappa shape index (κ3) is 4.89. The molecule has 1 amide bonds. The first-order valence-electron chi connectivity index (χ1n) is 13.0. The Balaban J connectivity index is 1.24. The SMILES string of the molecule is O=C([C@@H]1Cc2ccccc2CN1S(=O)(=O)c1ccc2c(c1)OCCO2)N1CCN(Cc2ccccc2)CC1. The van der Waals surface area contributed by atoms with Crippen molar-refractivity contribution in [1.82, 2.24) is 14.1 Å². The minimum absolute atomic E-state index is 0.103. The van der Waals surface area contributed by atoms with Crippen molar-refractivity contribution < 1.29 is 22.7 Å². The zero-order valence-electron chi connectivity index (χ0n) is 21.2. The molecule has 9 heteroatoms. The lowest BCUT2D eigenvalue weighted by atomic mass is 9.95. The first kappa shape index (κ1) is 24.9. The molecular formula is C29H31N3O5S. The Hall–Kier alpha value is -3.40. The summed E-state index contributed by atoms with van der Waals surface area (Å²) >= 11 is 0. The Labute approximate surface area is 223 Å². The lowest BCUT2D eigenvalue weighted by Gasteiger charge is -2.40. The zero-order valence-corrected chi connectivity index (χ0v) is 22.0.